The molecule has 3 aromatic carbocycles. The molecule has 0 saturated carbocycles. The quantitative estimate of drug-likeness (QED) is 0.680. The molecule has 0 aromatic heterocycles. The molecule has 4 nitrogen and oxygen atoms in total. The first-order chi connectivity index (χ1) is 14.3. The highest BCUT2D eigenvalue weighted by Gasteiger charge is 2.29. The van der Waals surface area contributed by atoms with Crippen LogP contribution in [-0.2, 0) is 0 Å². The van der Waals surface area contributed by atoms with E-state index in [9.17, 15) is 0 Å². The van der Waals surface area contributed by atoms with E-state index >= 15 is 0 Å². The van der Waals surface area contributed by atoms with Crippen molar-refractivity contribution in [2.45, 2.75) is 6.04 Å². The largest absolute Gasteiger partial charge is 0.496 e. The van der Waals surface area contributed by atoms with Gasteiger partial charge in [-0.1, -0.05) is 60.7 Å². The first-order valence-electron chi connectivity index (χ1n) is 10.1. The fourth-order valence-electron chi connectivity index (χ4n) is 4.14. The van der Waals surface area contributed by atoms with Crippen LogP contribution >= 0.6 is 0 Å². The Balaban J connectivity index is 1.78. The van der Waals surface area contributed by atoms with Gasteiger partial charge < -0.3 is 14.8 Å². The first kappa shape index (κ1) is 19.5. The van der Waals surface area contributed by atoms with Gasteiger partial charge in [-0.25, -0.2) is 0 Å². The lowest BCUT2D eigenvalue weighted by atomic mass is 9.93. The topological polar surface area (TPSA) is 33.7 Å². The monoisotopic (exact) mass is 388 g/mol. The van der Waals surface area contributed by atoms with Crippen LogP contribution in [0.25, 0.3) is 11.1 Å². The highest BCUT2D eigenvalue weighted by atomic mass is 16.5. The van der Waals surface area contributed by atoms with E-state index in [4.69, 9.17) is 9.47 Å². The standard InChI is InChI=1S/C25H28N2O2/c1-28-22-9-6-10-23(29-2)24(22)25(27-17-15-26-16-18-27)21-13-11-20(12-14-21)19-7-4-3-5-8-19/h3-14,25-26H,15-18H2,1-2H3. The molecule has 0 radical (unpaired) electrons. The SMILES string of the molecule is COc1cccc(OC)c1C(c1ccc(-c2ccccc2)cc1)N1CCNCC1. The van der Waals surface area contributed by atoms with Crippen LogP contribution in [0.2, 0.25) is 0 Å². The average Bonchev–Trinajstić information content (AvgIpc) is 2.81. The molecule has 1 fully saturated rings. The minimum Gasteiger partial charge on any atom is -0.496 e. The van der Waals surface area contributed by atoms with E-state index in [-0.39, 0.29) is 6.04 Å². The molecule has 29 heavy (non-hydrogen) atoms. The van der Waals surface area contributed by atoms with Crippen molar-refractivity contribution in [3.8, 4) is 22.6 Å². The number of nitrogens with zero attached hydrogens (tertiary/aromatic N) is 1. The maximum absolute atomic E-state index is 5.75. The second-order valence-electron chi connectivity index (χ2n) is 7.25. The summed E-state index contributed by atoms with van der Waals surface area (Å²) in [5.74, 6) is 1.72. The summed E-state index contributed by atoms with van der Waals surface area (Å²) in [6, 6.07) is 25.5. The summed E-state index contributed by atoms with van der Waals surface area (Å²) in [6.07, 6.45) is 0. The molecule has 4 rings (SSSR count). The minimum absolute atomic E-state index is 0.0769. The van der Waals surface area contributed by atoms with Crippen molar-refractivity contribution in [3.63, 3.8) is 0 Å². The van der Waals surface area contributed by atoms with Gasteiger partial charge in [0.1, 0.15) is 11.5 Å². The van der Waals surface area contributed by atoms with Gasteiger partial charge >= 0.3 is 0 Å². The van der Waals surface area contributed by atoms with Crippen LogP contribution < -0.4 is 14.8 Å². The molecular formula is C25H28N2O2. The molecule has 150 valence electrons. The van der Waals surface area contributed by atoms with Gasteiger partial charge in [0.25, 0.3) is 0 Å². The van der Waals surface area contributed by atoms with Crippen molar-refractivity contribution in [1.82, 2.24) is 10.2 Å². The maximum Gasteiger partial charge on any atom is 0.127 e. The Labute approximate surface area is 173 Å². The third-order valence-corrected chi connectivity index (χ3v) is 5.59. The maximum atomic E-state index is 5.75. The number of piperazine rings is 1. The predicted octanol–water partition coefficient (Wildman–Crippen LogP) is 4.37. The summed E-state index contributed by atoms with van der Waals surface area (Å²) in [5.41, 5.74) is 4.79. The second-order valence-corrected chi connectivity index (χ2v) is 7.25. The smallest absolute Gasteiger partial charge is 0.127 e. The zero-order valence-corrected chi connectivity index (χ0v) is 17.1. The number of methoxy groups -OCH3 is 2. The predicted molar refractivity (Wildman–Crippen MR) is 118 cm³/mol. The van der Waals surface area contributed by atoms with Crippen LogP contribution in [-0.4, -0.2) is 45.3 Å². The van der Waals surface area contributed by atoms with Gasteiger partial charge in [0.15, 0.2) is 0 Å². The summed E-state index contributed by atoms with van der Waals surface area (Å²) in [7, 11) is 3.46. The van der Waals surface area contributed by atoms with Crippen molar-refractivity contribution in [1.29, 1.82) is 0 Å². The molecule has 1 aliphatic rings. The molecule has 4 heteroatoms. The third-order valence-electron chi connectivity index (χ3n) is 5.59. The third kappa shape index (κ3) is 4.14. The van der Waals surface area contributed by atoms with Crippen LogP contribution in [0.1, 0.15) is 17.2 Å². The molecule has 1 unspecified atom stereocenters. The molecule has 1 atom stereocenters. The zero-order chi connectivity index (χ0) is 20.1. The van der Waals surface area contributed by atoms with Crippen molar-refractivity contribution < 1.29 is 9.47 Å². The summed E-state index contributed by atoms with van der Waals surface area (Å²) >= 11 is 0. The number of rotatable bonds is 6. The molecule has 1 aliphatic heterocycles. The Morgan fingerprint density at radius 2 is 1.31 bits per heavy atom. The highest BCUT2D eigenvalue weighted by Crippen LogP contribution is 2.41. The first-order valence-corrected chi connectivity index (χ1v) is 10.1. The van der Waals surface area contributed by atoms with E-state index in [0.29, 0.717) is 0 Å². The Morgan fingerprint density at radius 1 is 0.724 bits per heavy atom. The van der Waals surface area contributed by atoms with Gasteiger partial charge in [0.05, 0.1) is 25.8 Å². The minimum atomic E-state index is 0.0769. The number of hydrogen-bond donors (Lipinski definition) is 1. The van der Waals surface area contributed by atoms with Crippen LogP contribution in [0.5, 0.6) is 11.5 Å². The second kappa shape index (κ2) is 9.12. The van der Waals surface area contributed by atoms with Gasteiger partial charge in [-0.2, -0.15) is 0 Å². The molecule has 0 bridgehead atoms. The van der Waals surface area contributed by atoms with Crippen molar-refractivity contribution >= 4 is 0 Å². The van der Waals surface area contributed by atoms with Gasteiger partial charge in [0.2, 0.25) is 0 Å². The van der Waals surface area contributed by atoms with Crippen molar-refractivity contribution in [2.75, 3.05) is 40.4 Å². The van der Waals surface area contributed by atoms with Crippen LogP contribution in [0.4, 0.5) is 0 Å². The Hall–Kier alpha value is -2.82. The lowest BCUT2D eigenvalue weighted by Gasteiger charge is -2.36. The molecule has 1 saturated heterocycles. The van der Waals surface area contributed by atoms with Gasteiger partial charge in [-0.15, -0.1) is 0 Å². The summed E-state index contributed by atoms with van der Waals surface area (Å²) in [4.78, 5) is 2.51. The lowest BCUT2D eigenvalue weighted by molar-refractivity contribution is 0.192. The van der Waals surface area contributed by atoms with E-state index in [2.05, 4.69) is 58.7 Å². The molecule has 0 aliphatic carbocycles. The fourth-order valence-corrected chi connectivity index (χ4v) is 4.14. The van der Waals surface area contributed by atoms with Gasteiger partial charge in [-0.05, 0) is 28.8 Å². The Bertz CT molecular complexity index is 897. The van der Waals surface area contributed by atoms with E-state index in [1.807, 2.05) is 24.3 Å². The zero-order valence-electron chi connectivity index (χ0n) is 17.1. The van der Waals surface area contributed by atoms with Crippen LogP contribution in [0, 0.1) is 0 Å². The van der Waals surface area contributed by atoms with E-state index < -0.39 is 0 Å². The lowest BCUT2D eigenvalue weighted by Crippen LogP contribution is -2.45. The van der Waals surface area contributed by atoms with E-state index in [0.717, 1.165) is 43.2 Å². The average molecular weight is 389 g/mol. The molecular weight excluding hydrogens is 360 g/mol. The van der Waals surface area contributed by atoms with Crippen LogP contribution in [0.15, 0.2) is 72.8 Å². The summed E-state index contributed by atoms with van der Waals surface area (Å²) in [6.45, 7) is 3.92. The molecule has 3 aromatic rings. The van der Waals surface area contributed by atoms with Crippen LogP contribution in [0.3, 0.4) is 0 Å². The summed E-state index contributed by atoms with van der Waals surface area (Å²) in [5, 5.41) is 3.46. The number of hydrogen-bond acceptors (Lipinski definition) is 4. The molecule has 1 heterocycles. The normalized spacial score (nSPS) is 15.7. The molecule has 0 spiro atoms. The Kier molecular flexibility index (Phi) is 6.13. The summed E-state index contributed by atoms with van der Waals surface area (Å²) < 4.78 is 11.5. The number of ether oxygens (including phenoxy) is 2. The van der Waals surface area contributed by atoms with Crippen molar-refractivity contribution in [3.05, 3.63) is 83.9 Å². The number of nitrogens with one attached hydrogen (secondary N) is 1. The number of benzene rings is 3. The van der Waals surface area contributed by atoms with Crippen molar-refractivity contribution in [2.24, 2.45) is 0 Å². The fraction of sp³-hybridized carbons (Fsp3) is 0.280. The Morgan fingerprint density at radius 3 is 1.90 bits per heavy atom. The molecule has 1 N–H and O–H groups in total. The molecule has 0 amide bonds. The van der Waals surface area contributed by atoms with E-state index in [1.54, 1.807) is 14.2 Å². The van der Waals surface area contributed by atoms with Gasteiger partial charge in [-0.3, -0.25) is 4.90 Å². The van der Waals surface area contributed by atoms with Gasteiger partial charge in [0, 0.05) is 26.2 Å². The van der Waals surface area contributed by atoms with E-state index in [1.165, 1.54) is 16.7 Å². The highest BCUT2D eigenvalue weighted by molar-refractivity contribution is 5.64.